The third-order valence-corrected chi connectivity index (χ3v) is 3.86. The standard InChI is InChI=1S/C10H9Br3N4/c1-5(14)9-4-17(16-15-9)10-7(12)2-6(11)3-8(10)13/h2-5H,14H2,1H3. The molecule has 7 heteroatoms. The van der Waals surface area contributed by atoms with Crippen molar-refractivity contribution >= 4 is 47.8 Å². The van der Waals surface area contributed by atoms with Crippen LogP contribution in [0.25, 0.3) is 5.69 Å². The molecular weight excluding hydrogens is 416 g/mol. The minimum atomic E-state index is -0.128. The summed E-state index contributed by atoms with van der Waals surface area (Å²) < 4.78 is 4.51. The number of nitrogens with two attached hydrogens (primary N) is 1. The van der Waals surface area contributed by atoms with E-state index in [2.05, 4.69) is 58.1 Å². The minimum Gasteiger partial charge on any atom is -0.323 e. The molecule has 17 heavy (non-hydrogen) atoms. The van der Waals surface area contributed by atoms with Crippen LogP contribution in [0.5, 0.6) is 0 Å². The summed E-state index contributed by atoms with van der Waals surface area (Å²) in [4.78, 5) is 0. The lowest BCUT2D eigenvalue weighted by molar-refractivity contribution is 0.755. The van der Waals surface area contributed by atoms with Crippen molar-refractivity contribution in [2.45, 2.75) is 13.0 Å². The van der Waals surface area contributed by atoms with Gasteiger partial charge >= 0.3 is 0 Å². The van der Waals surface area contributed by atoms with Gasteiger partial charge in [0, 0.05) is 19.5 Å². The third-order valence-electron chi connectivity index (χ3n) is 2.19. The maximum absolute atomic E-state index is 5.76. The molecule has 1 aromatic heterocycles. The highest BCUT2D eigenvalue weighted by Gasteiger charge is 2.12. The summed E-state index contributed by atoms with van der Waals surface area (Å²) in [6.07, 6.45) is 1.82. The monoisotopic (exact) mass is 422 g/mol. The number of aromatic nitrogens is 3. The van der Waals surface area contributed by atoms with Crippen molar-refractivity contribution in [1.29, 1.82) is 0 Å². The lowest BCUT2D eigenvalue weighted by Crippen LogP contribution is -2.05. The number of hydrogen-bond acceptors (Lipinski definition) is 3. The van der Waals surface area contributed by atoms with Crippen LogP contribution in [0, 0.1) is 0 Å². The van der Waals surface area contributed by atoms with Crippen LogP contribution in [-0.4, -0.2) is 15.0 Å². The van der Waals surface area contributed by atoms with Crippen molar-refractivity contribution in [1.82, 2.24) is 15.0 Å². The summed E-state index contributed by atoms with van der Waals surface area (Å²) in [5, 5.41) is 8.10. The van der Waals surface area contributed by atoms with Crippen LogP contribution >= 0.6 is 47.8 Å². The average molecular weight is 425 g/mol. The van der Waals surface area contributed by atoms with Gasteiger partial charge in [0.1, 0.15) is 0 Å². The first-order valence-electron chi connectivity index (χ1n) is 4.82. The molecule has 2 rings (SSSR count). The molecule has 0 fully saturated rings. The Morgan fingerprint density at radius 1 is 1.24 bits per heavy atom. The predicted molar refractivity (Wildman–Crippen MR) is 77.1 cm³/mol. The molecule has 1 heterocycles. The van der Waals surface area contributed by atoms with E-state index in [1.165, 1.54) is 0 Å². The zero-order valence-electron chi connectivity index (χ0n) is 8.86. The highest BCUT2D eigenvalue weighted by atomic mass is 79.9. The zero-order chi connectivity index (χ0) is 12.6. The van der Waals surface area contributed by atoms with Crippen molar-refractivity contribution in [3.63, 3.8) is 0 Å². The molecule has 0 spiro atoms. The molecule has 0 saturated heterocycles. The Morgan fingerprint density at radius 3 is 2.29 bits per heavy atom. The van der Waals surface area contributed by atoms with Crippen LogP contribution in [-0.2, 0) is 0 Å². The van der Waals surface area contributed by atoms with Crippen LogP contribution < -0.4 is 5.73 Å². The van der Waals surface area contributed by atoms with Gasteiger partial charge < -0.3 is 5.73 Å². The van der Waals surface area contributed by atoms with Crippen LogP contribution in [0.1, 0.15) is 18.7 Å². The van der Waals surface area contributed by atoms with Gasteiger partial charge in [0.25, 0.3) is 0 Å². The van der Waals surface area contributed by atoms with Gasteiger partial charge in [0.15, 0.2) is 0 Å². The molecule has 0 aliphatic rings. The highest BCUT2D eigenvalue weighted by Crippen LogP contribution is 2.32. The van der Waals surface area contributed by atoms with Gasteiger partial charge in [-0.2, -0.15) is 0 Å². The second kappa shape index (κ2) is 5.17. The fraction of sp³-hybridized carbons (Fsp3) is 0.200. The van der Waals surface area contributed by atoms with Gasteiger partial charge in [-0.15, -0.1) is 5.10 Å². The summed E-state index contributed by atoms with van der Waals surface area (Å²) in [5.41, 5.74) is 7.41. The molecule has 1 aromatic carbocycles. The Bertz CT molecular complexity index is 527. The van der Waals surface area contributed by atoms with Crippen LogP contribution in [0.3, 0.4) is 0 Å². The molecular formula is C10H9Br3N4. The van der Waals surface area contributed by atoms with E-state index in [0.717, 1.165) is 24.8 Å². The van der Waals surface area contributed by atoms with Gasteiger partial charge in [-0.25, -0.2) is 4.68 Å². The van der Waals surface area contributed by atoms with E-state index in [-0.39, 0.29) is 6.04 Å². The Morgan fingerprint density at radius 2 is 1.82 bits per heavy atom. The maximum Gasteiger partial charge on any atom is 0.0995 e. The molecule has 0 aliphatic heterocycles. The van der Waals surface area contributed by atoms with E-state index in [1.807, 2.05) is 25.3 Å². The largest absolute Gasteiger partial charge is 0.323 e. The predicted octanol–water partition coefficient (Wildman–Crippen LogP) is 3.57. The van der Waals surface area contributed by atoms with E-state index >= 15 is 0 Å². The summed E-state index contributed by atoms with van der Waals surface area (Å²) >= 11 is 10.4. The fourth-order valence-corrected chi connectivity index (χ4v) is 3.97. The Labute approximate surface area is 124 Å². The van der Waals surface area contributed by atoms with Crippen LogP contribution in [0.15, 0.2) is 31.7 Å². The van der Waals surface area contributed by atoms with Crippen molar-refractivity contribution in [2.75, 3.05) is 0 Å². The molecule has 0 aliphatic carbocycles. The zero-order valence-corrected chi connectivity index (χ0v) is 13.6. The number of nitrogens with zero attached hydrogens (tertiary/aromatic N) is 3. The van der Waals surface area contributed by atoms with Gasteiger partial charge in [-0.05, 0) is 50.9 Å². The van der Waals surface area contributed by atoms with Crippen molar-refractivity contribution in [3.8, 4) is 5.69 Å². The molecule has 2 aromatic rings. The van der Waals surface area contributed by atoms with E-state index in [9.17, 15) is 0 Å². The highest BCUT2D eigenvalue weighted by molar-refractivity contribution is 9.11. The number of halogens is 3. The molecule has 4 nitrogen and oxygen atoms in total. The van der Waals surface area contributed by atoms with E-state index in [1.54, 1.807) is 4.68 Å². The molecule has 0 saturated carbocycles. The van der Waals surface area contributed by atoms with Crippen molar-refractivity contribution in [2.24, 2.45) is 5.73 Å². The fourth-order valence-electron chi connectivity index (χ4n) is 1.35. The number of rotatable bonds is 2. The lowest BCUT2D eigenvalue weighted by Gasteiger charge is -2.07. The number of hydrogen-bond donors (Lipinski definition) is 1. The Kier molecular flexibility index (Phi) is 4.02. The van der Waals surface area contributed by atoms with Gasteiger partial charge in [0.2, 0.25) is 0 Å². The molecule has 1 unspecified atom stereocenters. The van der Waals surface area contributed by atoms with Gasteiger partial charge in [0.05, 0.1) is 17.6 Å². The second-order valence-corrected chi connectivity index (χ2v) is 6.22. The molecule has 90 valence electrons. The Hall–Kier alpha value is -0.240. The van der Waals surface area contributed by atoms with E-state index in [0.29, 0.717) is 0 Å². The Balaban J connectivity index is 2.52. The third kappa shape index (κ3) is 2.78. The molecule has 0 radical (unpaired) electrons. The average Bonchev–Trinajstić information content (AvgIpc) is 2.65. The smallest absolute Gasteiger partial charge is 0.0995 e. The minimum absolute atomic E-state index is 0.128. The summed E-state index contributed by atoms with van der Waals surface area (Å²) in [6.45, 7) is 1.88. The molecule has 0 bridgehead atoms. The first-order chi connectivity index (χ1) is 7.99. The molecule has 0 amide bonds. The summed E-state index contributed by atoms with van der Waals surface area (Å²) in [7, 11) is 0. The van der Waals surface area contributed by atoms with Crippen LogP contribution in [0.2, 0.25) is 0 Å². The quantitative estimate of drug-likeness (QED) is 0.801. The molecule has 1 atom stereocenters. The molecule has 2 N–H and O–H groups in total. The summed E-state index contributed by atoms with van der Waals surface area (Å²) in [6, 6.07) is 3.78. The topological polar surface area (TPSA) is 56.7 Å². The van der Waals surface area contributed by atoms with E-state index < -0.39 is 0 Å². The van der Waals surface area contributed by atoms with Crippen molar-refractivity contribution in [3.05, 3.63) is 37.4 Å². The SMILES string of the molecule is CC(N)c1cn(-c2c(Br)cc(Br)cc2Br)nn1. The maximum atomic E-state index is 5.76. The van der Waals surface area contributed by atoms with Gasteiger partial charge in [-0.1, -0.05) is 21.1 Å². The normalized spacial score (nSPS) is 12.8. The lowest BCUT2D eigenvalue weighted by atomic mass is 10.3. The summed E-state index contributed by atoms with van der Waals surface area (Å²) in [5.74, 6) is 0. The van der Waals surface area contributed by atoms with Crippen LogP contribution in [0.4, 0.5) is 0 Å². The first-order valence-corrected chi connectivity index (χ1v) is 7.19. The number of benzene rings is 1. The van der Waals surface area contributed by atoms with Gasteiger partial charge in [-0.3, -0.25) is 0 Å². The second-order valence-electron chi connectivity index (χ2n) is 3.59. The van der Waals surface area contributed by atoms with E-state index in [4.69, 9.17) is 5.73 Å². The van der Waals surface area contributed by atoms with Crippen molar-refractivity contribution < 1.29 is 0 Å². The first kappa shape index (κ1) is 13.2.